The molecule has 1 fully saturated rings. The number of hydrogen-bond acceptors (Lipinski definition) is 4. The number of hydrogen-bond donors (Lipinski definition) is 1. The van der Waals surface area contributed by atoms with E-state index in [0.717, 1.165) is 16.9 Å². The van der Waals surface area contributed by atoms with Crippen molar-refractivity contribution in [2.45, 2.75) is 45.3 Å². The molecule has 2 atom stereocenters. The van der Waals surface area contributed by atoms with Crippen LogP contribution in [0.5, 0.6) is 5.75 Å². The first kappa shape index (κ1) is 16.6. The Labute approximate surface area is 142 Å². The zero-order valence-corrected chi connectivity index (χ0v) is 14.8. The molecule has 1 saturated heterocycles. The fourth-order valence-electron chi connectivity index (χ4n) is 3.48. The normalized spacial score (nSPS) is 22.5. The molecular formula is C18H24N2O4. The third-order valence-corrected chi connectivity index (χ3v) is 4.49. The fourth-order valence-corrected chi connectivity index (χ4v) is 3.48. The molecule has 2 heterocycles. The van der Waals surface area contributed by atoms with E-state index < -0.39 is 5.60 Å². The molecule has 0 saturated carbocycles. The number of methoxy groups -OCH3 is 1. The Morgan fingerprint density at radius 3 is 2.62 bits per heavy atom. The first-order valence-electron chi connectivity index (χ1n) is 8.17. The molecule has 0 aromatic heterocycles. The van der Waals surface area contributed by atoms with Gasteiger partial charge < -0.3 is 19.7 Å². The van der Waals surface area contributed by atoms with Crippen LogP contribution in [0.1, 0.15) is 48.2 Å². The first-order valence-corrected chi connectivity index (χ1v) is 8.17. The summed E-state index contributed by atoms with van der Waals surface area (Å²) in [5, 5.41) is 3.03. The molecule has 0 bridgehead atoms. The molecular weight excluding hydrogens is 308 g/mol. The molecule has 2 unspecified atom stereocenters. The molecule has 0 radical (unpaired) electrons. The van der Waals surface area contributed by atoms with Gasteiger partial charge in [0.1, 0.15) is 11.4 Å². The number of benzene rings is 1. The van der Waals surface area contributed by atoms with E-state index in [1.54, 1.807) is 12.0 Å². The van der Waals surface area contributed by atoms with Crippen LogP contribution in [0.2, 0.25) is 0 Å². The van der Waals surface area contributed by atoms with Crippen LogP contribution in [-0.4, -0.2) is 48.7 Å². The lowest BCUT2D eigenvalue weighted by Gasteiger charge is -2.29. The average Bonchev–Trinajstić information content (AvgIpc) is 2.89. The Kier molecular flexibility index (Phi) is 3.94. The van der Waals surface area contributed by atoms with Crippen LogP contribution in [0.15, 0.2) is 12.1 Å². The van der Waals surface area contributed by atoms with Crippen molar-refractivity contribution in [3.8, 4) is 5.75 Å². The van der Waals surface area contributed by atoms with Gasteiger partial charge in [0.15, 0.2) is 0 Å². The second-order valence-electron chi connectivity index (χ2n) is 7.48. The maximum absolute atomic E-state index is 12.5. The predicted molar refractivity (Wildman–Crippen MR) is 89.5 cm³/mol. The minimum absolute atomic E-state index is 0.0546. The quantitative estimate of drug-likeness (QED) is 0.858. The smallest absolute Gasteiger partial charge is 0.410 e. The lowest BCUT2D eigenvalue weighted by atomic mass is 9.84. The maximum Gasteiger partial charge on any atom is 0.410 e. The lowest BCUT2D eigenvalue weighted by Crippen LogP contribution is -2.45. The van der Waals surface area contributed by atoms with E-state index >= 15 is 0 Å². The second-order valence-corrected chi connectivity index (χ2v) is 7.48. The van der Waals surface area contributed by atoms with Gasteiger partial charge in [0.2, 0.25) is 0 Å². The molecule has 0 aliphatic carbocycles. The number of carbonyl (C=O) groups excluding carboxylic acids is 2. The number of ether oxygens (including phenoxy) is 2. The van der Waals surface area contributed by atoms with Crippen molar-refractivity contribution in [2.24, 2.45) is 0 Å². The summed E-state index contributed by atoms with van der Waals surface area (Å²) in [6, 6.07) is 3.68. The van der Waals surface area contributed by atoms with Crippen molar-refractivity contribution >= 4 is 12.0 Å². The highest BCUT2D eigenvalue weighted by molar-refractivity contribution is 5.99. The van der Waals surface area contributed by atoms with E-state index in [1.165, 1.54) is 0 Å². The molecule has 24 heavy (non-hydrogen) atoms. The summed E-state index contributed by atoms with van der Waals surface area (Å²) in [6.07, 6.45) is -0.340. The zero-order chi connectivity index (χ0) is 17.6. The molecule has 1 aromatic carbocycles. The lowest BCUT2D eigenvalue weighted by molar-refractivity contribution is 0.0288. The number of nitrogens with zero attached hydrogens (tertiary/aromatic N) is 1. The summed E-state index contributed by atoms with van der Waals surface area (Å²) < 4.78 is 10.8. The van der Waals surface area contributed by atoms with Gasteiger partial charge in [-0.05, 0) is 51.0 Å². The number of fused-ring (bicyclic) bond motifs is 3. The van der Waals surface area contributed by atoms with E-state index in [-0.39, 0.29) is 24.0 Å². The molecule has 2 amide bonds. The fraction of sp³-hybridized carbons (Fsp3) is 0.556. The number of aryl methyl sites for hydroxylation is 1. The summed E-state index contributed by atoms with van der Waals surface area (Å²) in [5.74, 6) is 0.701. The van der Waals surface area contributed by atoms with Crippen LogP contribution in [0.25, 0.3) is 0 Å². The van der Waals surface area contributed by atoms with Crippen molar-refractivity contribution in [3.05, 3.63) is 28.8 Å². The molecule has 6 heteroatoms. The van der Waals surface area contributed by atoms with Gasteiger partial charge in [0.05, 0.1) is 13.2 Å². The number of nitrogens with one attached hydrogen (secondary N) is 1. The maximum atomic E-state index is 12.5. The van der Waals surface area contributed by atoms with E-state index in [2.05, 4.69) is 5.32 Å². The summed E-state index contributed by atoms with van der Waals surface area (Å²) >= 11 is 0. The van der Waals surface area contributed by atoms with E-state index in [9.17, 15) is 9.59 Å². The Bertz CT molecular complexity index is 693. The molecule has 2 aliphatic rings. The highest BCUT2D eigenvalue weighted by Crippen LogP contribution is 2.37. The number of likely N-dealkylation sites (tertiary alicyclic amines) is 1. The summed E-state index contributed by atoms with van der Waals surface area (Å²) in [4.78, 5) is 26.5. The first-order chi connectivity index (χ1) is 11.2. The summed E-state index contributed by atoms with van der Waals surface area (Å²) in [5.41, 5.74) is 2.00. The monoisotopic (exact) mass is 332 g/mol. The Morgan fingerprint density at radius 1 is 1.29 bits per heavy atom. The SMILES string of the molecule is COc1cc(C)c2c(c1)C1CN(C(=O)OC(C)(C)C)CC1NC2=O. The topological polar surface area (TPSA) is 67.9 Å². The van der Waals surface area contributed by atoms with Gasteiger partial charge in [-0.1, -0.05) is 0 Å². The molecule has 1 N–H and O–H groups in total. The molecule has 3 rings (SSSR count). The van der Waals surface area contributed by atoms with E-state index in [1.807, 2.05) is 39.8 Å². The molecule has 2 aliphatic heterocycles. The molecule has 6 nitrogen and oxygen atoms in total. The second kappa shape index (κ2) is 5.69. The largest absolute Gasteiger partial charge is 0.497 e. The third kappa shape index (κ3) is 2.92. The van der Waals surface area contributed by atoms with Gasteiger partial charge in [0.25, 0.3) is 5.91 Å². The Hall–Kier alpha value is -2.24. The van der Waals surface area contributed by atoms with Crippen LogP contribution < -0.4 is 10.1 Å². The van der Waals surface area contributed by atoms with Crippen molar-refractivity contribution in [2.75, 3.05) is 20.2 Å². The van der Waals surface area contributed by atoms with Crippen LogP contribution in [-0.2, 0) is 4.74 Å². The molecule has 0 spiro atoms. The van der Waals surface area contributed by atoms with Gasteiger partial charge in [-0.3, -0.25) is 4.79 Å². The predicted octanol–water partition coefficient (Wildman–Crippen LogP) is 2.45. The minimum Gasteiger partial charge on any atom is -0.497 e. The van der Waals surface area contributed by atoms with Gasteiger partial charge in [0, 0.05) is 24.6 Å². The molecule has 1 aromatic rings. The van der Waals surface area contributed by atoms with E-state index in [4.69, 9.17) is 9.47 Å². The summed E-state index contributed by atoms with van der Waals surface area (Å²) in [6.45, 7) is 8.43. The van der Waals surface area contributed by atoms with Gasteiger partial charge in [-0.2, -0.15) is 0 Å². The Balaban J connectivity index is 1.90. The average molecular weight is 332 g/mol. The highest BCUT2D eigenvalue weighted by Gasteiger charge is 2.43. The van der Waals surface area contributed by atoms with Gasteiger partial charge in [-0.25, -0.2) is 4.79 Å². The van der Waals surface area contributed by atoms with Crippen molar-refractivity contribution in [1.29, 1.82) is 0 Å². The number of rotatable bonds is 1. The zero-order valence-electron chi connectivity index (χ0n) is 14.8. The third-order valence-electron chi connectivity index (χ3n) is 4.49. The summed E-state index contributed by atoms with van der Waals surface area (Å²) in [7, 11) is 1.61. The van der Waals surface area contributed by atoms with Gasteiger partial charge >= 0.3 is 6.09 Å². The van der Waals surface area contributed by atoms with Crippen molar-refractivity contribution in [3.63, 3.8) is 0 Å². The Morgan fingerprint density at radius 2 is 2.00 bits per heavy atom. The van der Waals surface area contributed by atoms with Crippen LogP contribution in [0, 0.1) is 6.92 Å². The highest BCUT2D eigenvalue weighted by atomic mass is 16.6. The standard InChI is InChI=1S/C18H24N2O4/c1-10-6-11(23-5)7-12-13-8-20(17(22)24-18(2,3)4)9-14(13)19-16(21)15(10)12/h6-7,13-14H,8-9H2,1-5H3,(H,19,21). The van der Waals surface area contributed by atoms with Gasteiger partial charge in [-0.15, -0.1) is 0 Å². The van der Waals surface area contributed by atoms with Crippen molar-refractivity contribution in [1.82, 2.24) is 10.2 Å². The van der Waals surface area contributed by atoms with Crippen LogP contribution in [0.3, 0.4) is 0 Å². The number of amides is 2. The minimum atomic E-state index is -0.536. The number of carbonyl (C=O) groups is 2. The van der Waals surface area contributed by atoms with Crippen LogP contribution in [0.4, 0.5) is 4.79 Å². The van der Waals surface area contributed by atoms with E-state index in [0.29, 0.717) is 18.7 Å². The van der Waals surface area contributed by atoms with Crippen molar-refractivity contribution < 1.29 is 19.1 Å². The molecule has 130 valence electrons. The van der Waals surface area contributed by atoms with Crippen LogP contribution >= 0.6 is 0 Å².